The van der Waals surface area contributed by atoms with E-state index < -0.39 is 6.18 Å². The first-order valence-corrected chi connectivity index (χ1v) is 3.02. The predicted molar refractivity (Wildman–Crippen MR) is 46.8 cm³/mol. The summed E-state index contributed by atoms with van der Waals surface area (Å²) in [7, 11) is 0. The molecule has 1 aliphatic rings. The molecule has 54 valence electrons. The van der Waals surface area contributed by atoms with Crippen LogP contribution in [0, 0.1) is 0 Å². The SMILES string of the molecule is [2H]C1=NC([2H])=C([2H])Nc2cc([2H])c([2H])c([2H])c21. The molecule has 0 spiro atoms. The molecule has 0 fully saturated rings. The van der Waals surface area contributed by atoms with Crippen LogP contribution < -0.4 is 5.32 Å². The van der Waals surface area contributed by atoms with E-state index in [1.165, 1.54) is 6.07 Å². The Labute approximate surface area is 73.7 Å². The molecule has 0 saturated carbocycles. The van der Waals surface area contributed by atoms with E-state index in [0.29, 0.717) is 0 Å². The van der Waals surface area contributed by atoms with E-state index in [2.05, 4.69) is 10.3 Å². The van der Waals surface area contributed by atoms with Gasteiger partial charge in [-0.3, -0.25) is 4.99 Å². The van der Waals surface area contributed by atoms with Crippen molar-refractivity contribution in [2.75, 3.05) is 5.32 Å². The summed E-state index contributed by atoms with van der Waals surface area (Å²) in [5.41, 5.74) is 0.231. The van der Waals surface area contributed by atoms with E-state index in [0.717, 1.165) is 0 Å². The van der Waals surface area contributed by atoms with Crippen molar-refractivity contribution in [3.8, 4) is 0 Å². The summed E-state index contributed by atoms with van der Waals surface area (Å²) < 4.78 is 45.1. The van der Waals surface area contributed by atoms with Gasteiger partial charge >= 0.3 is 0 Å². The molecule has 2 rings (SSSR count). The molecule has 1 heterocycles. The van der Waals surface area contributed by atoms with Crippen LogP contribution in [-0.2, 0) is 0 Å². The molecule has 0 bridgehead atoms. The van der Waals surface area contributed by atoms with Crippen LogP contribution in [-0.4, -0.2) is 6.19 Å². The first-order valence-electron chi connectivity index (χ1n) is 6.02. The summed E-state index contributed by atoms with van der Waals surface area (Å²) in [4.78, 5) is 3.55. The van der Waals surface area contributed by atoms with Gasteiger partial charge in [0.1, 0.15) is 0 Å². The fourth-order valence-corrected chi connectivity index (χ4v) is 0.740. The smallest absolute Gasteiger partial charge is 0.0856 e. The fraction of sp³-hybridized carbons (Fsp3) is 0. The van der Waals surface area contributed by atoms with Crippen molar-refractivity contribution in [1.82, 2.24) is 0 Å². The van der Waals surface area contributed by atoms with Crippen molar-refractivity contribution in [3.05, 3.63) is 42.1 Å². The van der Waals surface area contributed by atoms with Crippen molar-refractivity contribution < 1.29 is 8.22 Å². The normalized spacial score (nSPS) is 23.8. The Morgan fingerprint density at radius 3 is 3.45 bits per heavy atom. The molecule has 0 amide bonds. The maximum Gasteiger partial charge on any atom is 0.0856 e. The van der Waals surface area contributed by atoms with Crippen molar-refractivity contribution in [2.24, 2.45) is 4.99 Å². The van der Waals surface area contributed by atoms with Crippen molar-refractivity contribution in [3.63, 3.8) is 0 Å². The van der Waals surface area contributed by atoms with E-state index in [1.807, 2.05) is 0 Å². The minimum atomic E-state index is -0.413. The fourth-order valence-electron chi connectivity index (χ4n) is 0.740. The molecule has 0 radical (unpaired) electrons. The van der Waals surface area contributed by atoms with Gasteiger partial charge in [0.2, 0.25) is 0 Å². The maximum atomic E-state index is 7.68. The molecule has 2 heteroatoms. The number of para-hydroxylation sites is 1. The second-order valence-corrected chi connectivity index (χ2v) is 1.91. The molecule has 1 aromatic carbocycles. The van der Waals surface area contributed by atoms with Crippen molar-refractivity contribution in [1.29, 1.82) is 0 Å². The Kier molecular flexibility index (Phi) is 0.582. The number of nitrogens with zero attached hydrogens (tertiary/aromatic N) is 1. The summed E-state index contributed by atoms with van der Waals surface area (Å²) in [6.45, 7) is 0. The first kappa shape index (κ1) is 2.48. The first-order chi connectivity index (χ1) is 7.91. The lowest BCUT2D eigenvalue weighted by molar-refractivity contribution is 1.55. The van der Waals surface area contributed by atoms with Gasteiger partial charge in [-0.05, 0) is 6.07 Å². The summed E-state index contributed by atoms with van der Waals surface area (Å²) in [6.07, 6.45) is -1.06. The molecule has 2 nitrogen and oxygen atoms in total. The Bertz CT molecular complexity index is 563. The number of aliphatic imine (C=N–C) groups is 1. The lowest BCUT2D eigenvalue weighted by Gasteiger charge is -2.01. The number of rotatable bonds is 0. The second-order valence-electron chi connectivity index (χ2n) is 1.91. The van der Waals surface area contributed by atoms with Crippen molar-refractivity contribution in [2.45, 2.75) is 0 Å². The number of nitrogens with one attached hydrogen (secondary N) is 1. The van der Waals surface area contributed by atoms with Crippen molar-refractivity contribution >= 4 is 11.9 Å². The number of fused-ring (bicyclic) bond motifs is 1. The molecule has 1 N–H and O–H groups in total. The van der Waals surface area contributed by atoms with Gasteiger partial charge in [-0.15, -0.1) is 0 Å². The minimum Gasteiger partial charge on any atom is -0.360 e. The third kappa shape index (κ3) is 1.15. The molecular weight excluding hydrogens is 136 g/mol. The zero-order valence-corrected chi connectivity index (χ0v) is 5.52. The molecule has 1 aromatic rings. The van der Waals surface area contributed by atoms with E-state index in [-0.39, 0.29) is 41.7 Å². The van der Waals surface area contributed by atoms with Gasteiger partial charge in [0.15, 0.2) is 0 Å². The van der Waals surface area contributed by atoms with Crippen LogP contribution in [0.25, 0.3) is 0 Å². The highest BCUT2D eigenvalue weighted by molar-refractivity contribution is 5.88. The number of benzene rings is 1. The molecule has 11 heavy (non-hydrogen) atoms. The Morgan fingerprint density at radius 1 is 1.45 bits per heavy atom. The largest absolute Gasteiger partial charge is 0.360 e. The van der Waals surface area contributed by atoms with Crippen LogP contribution in [0.2, 0.25) is 0 Å². The molecule has 0 atom stereocenters. The summed E-state index contributed by atoms with van der Waals surface area (Å²) in [5.74, 6) is 0. The highest BCUT2D eigenvalue weighted by Gasteiger charge is 1.96. The van der Waals surface area contributed by atoms with Crippen LogP contribution in [0.4, 0.5) is 5.69 Å². The lowest BCUT2D eigenvalue weighted by Crippen LogP contribution is -1.89. The van der Waals surface area contributed by atoms with Gasteiger partial charge in [0, 0.05) is 29.8 Å². The van der Waals surface area contributed by atoms with E-state index in [4.69, 9.17) is 8.22 Å². The molecule has 1 aliphatic heterocycles. The van der Waals surface area contributed by atoms with Gasteiger partial charge in [0.05, 0.1) is 8.22 Å². The summed E-state index contributed by atoms with van der Waals surface area (Å²) >= 11 is 0. The predicted octanol–water partition coefficient (Wildman–Crippen LogP) is 2.00. The van der Waals surface area contributed by atoms with Gasteiger partial charge in [-0.2, -0.15) is 0 Å². The molecule has 0 aliphatic carbocycles. The number of hydrogen-bond acceptors (Lipinski definition) is 2. The zero-order valence-electron chi connectivity index (χ0n) is 11.5. The third-order valence-corrected chi connectivity index (χ3v) is 1.22. The van der Waals surface area contributed by atoms with Crippen LogP contribution >= 0.6 is 0 Å². The van der Waals surface area contributed by atoms with Gasteiger partial charge in [0.25, 0.3) is 0 Å². The average Bonchev–Trinajstić information content (AvgIpc) is 2.34. The molecule has 0 unspecified atom stereocenters. The second kappa shape index (κ2) is 2.58. The quantitative estimate of drug-likeness (QED) is 0.601. The Morgan fingerprint density at radius 2 is 2.45 bits per heavy atom. The molecular formula is C9H8N2. The number of hydrogen-bond donors (Lipinski definition) is 1. The summed E-state index contributed by atoms with van der Waals surface area (Å²) in [5, 5.41) is 2.51. The minimum absolute atomic E-state index is 0.0398. The highest BCUT2D eigenvalue weighted by atomic mass is 14.9. The van der Waals surface area contributed by atoms with Crippen LogP contribution in [0.3, 0.4) is 0 Å². The lowest BCUT2D eigenvalue weighted by atomic mass is 10.2. The van der Waals surface area contributed by atoms with Crippen LogP contribution in [0.5, 0.6) is 0 Å². The maximum absolute atomic E-state index is 7.68. The standard InChI is InChI=1S/C9H8N2/c1-2-4-9-8(3-1)7-10-5-6-11-9/h1-7,11H/i1D,2D,3D,5D,6D,7D. The van der Waals surface area contributed by atoms with E-state index in [1.54, 1.807) is 0 Å². The molecule has 0 aromatic heterocycles. The van der Waals surface area contributed by atoms with Gasteiger partial charge in [-0.1, -0.05) is 18.1 Å². The van der Waals surface area contributed by atoms with Gasteiger partial charge in [-0.25, -0.2) is 0 Å². The zero-order chi connectivity index (χ0) is 12.7. The topological polar surface area (TPSA) is 24.4 Å². The average molecular weight is 150 g/mol. The monoisotopic (exact) mass is 150 g/mol. The van der Waals surface area contributed by atoms with E-state index in [9.17, 15) is 0 Å². The highest BCUT2D eigenvalue weighted by Crippen LogP contribution is 2.13. The Balaban J connectivity index is 2.76. The van der Waals surface area contributed by atoms with Crippen LogP contribution in [0.15, 0.2) is 41.5 Å². The Hall–Kier alpha value is -1.57. The van der Waals surface area contributed by atoms with Crippen LogP contribution in [0.1, 0.15) is 13.8 Å². The third-order valence-electron chi connectivity index (χ3n) is 1.22. The van der Waals surface area contributed by atoms with E-state index >= 15 is 0 Å². The van der Waals surface area contributed by atoms with Gasteiger partial charge < -0.3 is 5.32 Å². The number of anilines is 1. The molecule has 0 saturated heterocycles. The summed E-state index contributed by atoms with van der Waals surface area (Å²) in [6, 6.07) is 0.490.